The molecule has 1 unspecified atom stereocenters. The molecule has 1 atom stereocenters. The number of hydrogen-bond donors (Lipinski definition) is 0. The van der Waals surface area contributed by atoms with E-state index < -0.39 is 6.10 Å². The highest BCUT2D eigenvalue weighted by Gasteiger charge is 2.19. The Labute approximate surface area is 131 Å². The number of hydrogen-bond acceptors (Lipinski definition) is 4. The van der Waals surface area contributed by atoms with E-state index in [1.54, 1.807) is 25.3 Å². The number of benzene rings is 1. The number of Topliss-reactive ketones (excluding diaryl/α,β-unsaturated/α-hetero) is 1. The van der Waals surface area contributed by atoms with E-state index >= 15 is 0 Å². The molecule has 21 heavy (non-hydrogen) atoms. The van der Waals surface area contributed by atoms with Gasteiger partial charge in [0.15, 0.2) is 6.10 Å². The number of carbonyl (C=O) groups excluding carboxylic acids is 1. The molecular formula is C16H12ClNO2S. The first-order chi connectivity index (χ1) is 10.1. The molecule has 0 saturated heterocycles. The largest absolute Gasteiger partial charge is 0.482 e. The lowest BCUT2D eigenvalue weighted by Crippen LogP contribution is -2.23. The topological polar surface area (TPSA) is 39.2 Å². The van der Waals surface area contributed by atoms with Crippen LogP contribution in [0.5, 0.6) is 5.75 Å². The minimum Gasteiger partial charge on any atom is -0.482 e. The van der Waals surface area contributed by atoms with Gasteiger partial charge in [-0.15, -0.1) is 11.3 Å². The second kappa shape index (κ2) is 5.84. The van der Waals surface area contributed by atoms with Gasteiger partial charge in [-0.2, -0.15) is 0 Å². The maximum absolute atomic E-state index is 12.3. The molecule has 3 rings (SSSR count). The highest BCUT2D eigenvalue weighted by molar-refractivity contribution is 7.18. The van der Waals surface area contributed by atoms with Crippen LogP contribution in [-0.2, 0) is 0 Å². The van der Waals surface area contributed by atoms with Gasteiger partial charge in [0.1, 0.15) is 5.75 Å². The van der Waals surface area contributed by atoms with Crippen LogP contribution in [0.1, 0.15) is 16.6 Å². The van der Waals surface area contributed by atoms with Crippen LogP contribution in [0.25, 0.3) is 10.9 Å². The van der Waals surface area contributed by atoms with Gasteiger partial charge in [0, 0.05) is 11.6 Å². The summed E-state index contributed by atoms with van der Waals surface area (Å²) >= 11 is 7.13. The number of ketones is 1. The Kier molecular flexibility index (Phi) is 3.90. The van der Waals surface area contributed by atoms with Crippen molar-refractivity contribution in [3.63, 3.8) is 0 Å². The van der Waals surface area contributed by atoms with Gasteiger partial charge in [-0.25, -0.2) is 0 Å². The second-order valence-electron chi connectivity index (χ2n) is 4.55. The molecular weight excluding hydrogens is 306 g/mol. The first kappa shape index (κ1) is 14.0. The number of rotatable bonds is 4. The number of ether oxygens (including phenoxy) is 1. The van der Waals surface area contributed by atoms with Crippen molar-refractivity contribution in [3.8, 4) is 5.75 Å². The highest BCUT2D eigenvalue weighted by atomic mass is 35.5. The first-order valence-electron chi connectivity index (χ1n) is 6.45. The van der Waals surface area contributed by atoms with Gasteiger partial charge in [0.2, 0.25) is 5.78 Å². The molecule has 0 N–H and O–H groups in total. The maximum atomic E-state index is 12.3. The molecule has 0 spiro atoms. The summed E-state index contributed by atoms with van der Waals surface area (Å²) in [5.41, 5.74) is 0.841. The molecule has 106 valence electrons. The lowest BCUT2D eigenvalue weighted by Gasteiger charge is -2.14. The van der Waals surface area contributed by atoms with Crippen molar-refractivity contribution in [2.24, 2.45) is 0 Å². The normalized spacial score (nSPS) is 12.3. The summed E-state index contributed by atoms with van der Waals surface area (Å²) in [6.07, 6.45) is 1.15. The molecule has 1 aromatic carbocycles. The van der Waals surface area contributed by atoms with Crippen LogP contribution < -0.4 is 4.74 Å². The Morgan fingerprint density at radius 3 is 2.86 bits per heavy atom. The van der Waals surface area contributed by atoms with Crippen molar-refractivity contribution < 1.29 is 9.53 Å². The molecule has 3 nitrogen and oxygen atoms in total. The molecule has 0 radical (unpaired) electrons. The first-order valence-corrected chi connectivity index (χ1v) is 7.64. The fourth-order valence-electron chi connectivity index (χ4n) is 2.07. The van der Waals surface area contributed by atoms with Gasteiger partial charge in [-0.3, -0.25) is 9.78 Å². The molecule has 0 saturated carbocycles. The van der Waals surface area contributed by atoms with Gasteiger partial charge in [-0.1, -0.05) is 17.7 Å². The number of pyridine rings is 1. The van der Waals surface area contributed by atoms with Crippen LogP contribution >= 0.6 is 22.9 Å². The van der Waals surface area contributed by atoms with E-state index in [9.17, 15) is 4.79 Å². The van der Waals surface area contributed by atoms with E-state index in [2.05, 4.69) is 4.98 Å². The summed E-state index contributed by atoms with van der Waals surface area (Å²) in [6.45, 7) is 1.74. The average Bonchev–Trinajstić information content (AvgIpc) is 2.93. The maximum Gasteiger partial charge on any atom is 0.212 e. The molecule has 0 amide bonds. The summed E-state index contributed by atoms with van der Waals surface area (Å²) in [5.74, 6) is 0.580. The highest BCUT2D eigenvalue weighted by Crippen LogP contribution is 2.27. The van der Waals surface area contributed by atoms with Gasteiger partial charge in [0.05, 0.1) is 14.7 Å². The van der Waals surface area contributed by atoms with Crippen LogP contribution in [0.15, 0.2) is 48.7 Å². The molecule has 2 heterocycles. The molecule has 0 aliphatic heterocycles. The zero-order chi connectivity index (χ0) is 14.8. The Balaban J connectivity index is 1.86. The van der Waals surface area contributed by atoms with Crippen LogP contribution in [0, 0.1) is 0 Å². The van der Waals surface area contributed by atoms with Gasteiger partial charge < -0.3 is 4.74 Å². The zero-order valence-corrected chi connectivity index (χ0v) is 12.8. The van der Waals surface area contributed by atoms with E-state index in [1.807, 2.05) is 30.3 Å². The summed E-state index contributed by atoms with van der Waals surface area (Å²) in [6, 6.07) is 12.8. The summed E-state index contributed by atoms with van der Waals surface area (Å²) in [7, 11) is 0. The van der Waals surface area contributed by atoms with E-state index in [0.717, 1.165) is 10.9 Å². The van der Waals surface area contributed by atoms with Crippen LogP contribution in [0.2, 0.25) is 4.34 Å². The number of carbonyl (C=O) groups is 1. The predicted octanol–water partition coefficient (Wildman–Crippen LogP) is 4.60. The van der Waals surface area contributed by atoms with E-state index in [4.69, 9.17) is 16.3 Å². The fourth-order valence-corrected chi connectivity index (χ4v) is 3.13. The van der Waals surface area contributed by atoms with E-state index in [0.29, 0.717) is 15.0 Å². The van der Waals surface area contributed by atoms with E-state index in [1.165, 1.54) is 11.3 Å². The summed E-state index contributed by atoms with van der Waals surface area (Å²) in [5, 5.41) is 0.892. The number of halogens is 1. The minimum absolute atomic E-state index is 0.0761. The van der Waals surface area contributed by atoms with Crippen molar-refractivity contribution in [3.05, 3.63) is 57.9 Å². The third-order valence-corrected chi connectivity index (χ3v) is 4.34. The minimum atomic E-state index is -0.578. The molecule has 3 aromatic rings. The predicted molar refractivity (Wildman–Crippen MR) is 85.5 cm³/mol. The Bertz CT molecular complexity index is 794. The Hall–Kier alpha value is -1.91. The van der Waals surface area contributed by atoms with Crippen molar-refractivity contribution in [1.82, 2.24) is 4.98 Å². The SMILES string of the molecule is CC(Oc1cccc2ncccc12)C(=O)c1ccc(Cl)s1. The third-order valence-electron chi connectivity index (χ3n) is 3.09. The summed E-state index contributed by atoms with van der Waals surface area (Å²) < 4.78 is 6.42. The number of thiophene rings is 1. The third kappa shape index (κ3) is 2.91. The number of nitrogens with zero attached hydrogens (tertiary/aromatic N) is 1. The monoisotopic (exact) mass is 317 g/mol. The smallest absolute Gasteiger partial charge is 0.212 e. The van der Waals surface area contributed by atoms with Crippen LogP contribution in [0.3, 0.4) is 0 Å². The van der Waals surface area contributed by atoms with Crippen molar-refractivity contribution in [1.29, 1.82) is 0 Å². The molecule has 5 heteroatoms. The number of aromatic nitrogens is 1. The van der Waals surface area contributed by atoms with Crippen molar-refractivity contribution in [2.75, 3.05) is 0 Å². The molecule has 0 aliphatic carbocycles. The summed E-state index contributed by atoms with van der Waals surface area (Å²) in [4.78, 5) is 17.2. The Morgan fingerprint density at radius 2 is 2.10 bits per heavy atom. The standard InChI is InChI=1S/C16H12ClNO2S/c1-10(16(19)14-7-8-15(17)21-14)20-13-6-2-5-12-11(13)4-3-9-18-12/h2-10H,1H3. The molecule has 0 aliphatic rings. The molecule has 2 aromatic heterocycles. The fraction of sp³-hybridized carbons (Fsp3) is 0.125. The Morgan fingerprint density at radius 1 is 1.24 bits per heavy atom. The van der Waals surface area contributed by atoms with Crippen LogP contribution in [0.4, 0.5) is 0 Å². The average molecular weight is 318 g/mol. The van der Waals surface area contributed by atoms with Crippen LogP contribution in [-0.4, -0.2) is 16.9 Å². The van der Waals surface area contributed by atoms with Crippen molar-refractivity contribution >= 4 is 39.6 Å². The second-order valence-corrected chi connectivity index (χ2v) is 6.27. The lowest BCUT2D eigenvalue weighted by molar-refractivity contribution is 0.0825. The zero-order valence-electron chi connectivity index (χ0n) is 11.2. The van der Waals surface area contributed by atoms with Gasteiger partial charge in [0.25, 0.3) is 0 Å². The lowest BCUT2D eigenvalue weighted by atomic mass is 10.2. The quantitative estimate of drug-likeness (QED) is 0.660. The van der Waals surface area contributed by atoms with Gasteiger partial charge in [-0.05, 0) is 43.3 Å². The molecule has 0 bridgehead atoms. The van der Waals surface area contributed by atoms with Crippen molar-refractivity contribution in [2.45, 2.75) is 13.0 Å². The molecule has 0 fully saturated rings. The number of fused-ring (bicyclic) bond motifs is 1. The van der Waals surface area contributed by atoms with E-state index in [-0.39, 0.29) is 5.78 Å². The van der Waals surface area contributed by atoms with Gasteiger partial charge >= 0.3 is 0 Å².